The van der Waals surface area contributed by atoms with Gasteiger partial charge in [-0.1, -0.05) is 25.7 Å². The zero-order chi connectivity index (χ0) is 11.1. The topological polar surface area (TPSA) is 72.2 Å². The lowest BCUT2D eigenvalue weighted by Gasteiger charge is -2.15. The Hall–Kier alpha value is -0.130. The summed E-state index contributed by atoms with van der Waals surface area (Å²) >= 11 is 0. The van der Waals surface area contributed by atoms with Gasteiger partial charge < -0.3 is 5.32 Å². The van der Waals surface area contributed by atoms with E-state index in [0.717, 1.165) is 6.54 Å². The number of hydrogen-bond acceptors (Lipinski definition) is 3. The minimum Gasteiger partial charge on any atom is -0.314 e. The van der Waals surface area contributed by atoms with Crippen LogP contribution in [0.1, 0.15) is 44.9 Å². The van der Waals surface area contributed by atoms with Gasteiger partial charge in [0.1, 0.15) is 0 Å². The third-order valence-corrected chi connectivity index (χ3v) is 3.75. The third-order valence-electron chi connectivity index (χ3n) is 2.89. The van der Waals surface area contributed by atoms with Crippen LogP contribution in [0.3, 0.4) is 0 Å². The predicted molar refractivity (Wildman–Crippen MR) is 62.1 cm³/mol. The molecule has 0 heterocycles. The standard InChI is InChI=1S/C10H22N2O2S/c11-15(13,14)9-5-8-12-10-6-3-1-2-4-7-10/h10,12H,1-9H2,(H2,11,13,14). The Morgan fingerprint density at radius 3 is 2.27 bits per heavy atom. The first kappa shape index (κ1) is 12.9. The van der Waals surface area contributed by atoms with E-state index in [4.69, 9.17) is 5.14 Å². The minimum absolute atomic E-state index is 0.0900. The van der Waals surface area contributed by atoms with Gasteiger partial charge in [-0.05, 0) is 25.8 Å². The van der Waals surface area contributed by atoms with Crippen molar-refractivity contribution >= 4 is 10.0 Å². The Bertz CT molecular complexity index is 257. The molecule has 0 aromatic carbocycles. The molecular formula is C10H22N2O2S. The number of nitrogens with one attached hydrogen (secondary N) is 1. The fourth-order valence-electron chi connectivity index (χ4n) is 2.06. The fourth-order valence-corrected chi connectivity index (χ4v) is 2.61. The molecule has 4 nitrogen and oxygen atoms in total. The molecule has 0 atom stereocenters. The van der Waals surface area contributed by atoms with Gasteiger partial charge in [0.15, 0.2) is 0 Å². The van der Waals surface area contributed by atoms with Gasteiger partial charge in [-0.25, -0.2) is 13.6 Å². The quantitative estimate of drug-likeness (QED) is 0.550. The lowest BCUT2D eigenvalue weighted by atomic mass is 10.1. The number of nitrogens with two attached hydrogens (primary N) is 1. The molecule has 1 aliphatic rings. The van der Waals surface area contributed by atoms with E-state index in [9.17, 15) is 8.42 Å². The fraction of sp³-hybridized carbons (Fsp3) is 1.00. The molecule has 5 heteroatoms. The lowest BCUT2D eigenvalue weighted by molar-refractivity contribution is 0.460. The summed E-state index contributed by atoms with van der Waals surface area (Å²) in [6.45, 7) is 0.765. The predicted octanol–water partition coefficient (Wildman–Crippen LogP) is 0.977. The molecule has 0 aliphatic heterocycles. The van der Waals surface area contributed by atoms with Crippen LogP contribution in [0.4, 0.5) is 0 Å². The van der Waals surface area contributed by atoms with E-state index in [2.05, 4.69) is 5.32 Å². The van der Waals surface area contributed by atoms with Crippen molar-refractivity contribution in [2.24, 2.45) is 5.14 Å². The largest absolute Gasteiger partial charge is 0.314 e. The summed E-state index contributed by atoms with van der Waals surface area (Å²) in [5.41, 5.74) is 0. The Morgan fingerprint density at radius 1 is 1.13 bits per heavy atom. The van der Waals surface area contributed by atoms with Crippen LogP contribution in [0, 0.1) is 0 Å². The second kappa shape index (κ2) is 6.45. The molecule has 0 unspecified atom stereocenters. The summed E-state index contributed by atoms with van der Waals surface area (Å²) in [7, 11) is -3.27. The van der Waals surface area contributed by atoms with Gasteiger partial charge in [-0.2, -0.15) is 0 Å². The van der Waals surface area contributed by atoms with E-state index >= 15 is 0 Å². The monoisotopic (exact) mass is 234 g/mol. The van der Waals surface area contributed by atoms with Gasteiger partial charge in [-0.15, -0.1) is 0 Å². The van der Waals surface area contributed by atoms with Gasteiger partial charge in [-0.3, -0.25) is 0 Å². The molecule has 0 bridgehead atoms. The first-order valence-electron chi connectivity index (χ1n) is 5.82. The molecule has 1 fully saturated rings. The van der Waals surface area contributed by atoms with Crippen molar-refractivity contribution in [2.75, 3.05) is 12.3 Å². The van der Waals surface area contributed by atoms with Crippen LogP contribution < -0.4 is 10.5 Å². The number of sulfonamides is 1. The van der Waals surface area contributed by atoms with Crippen LogP contribution in [0.25, 0.3) is 0 Å². The molecule has 1 aliphatic carbocycles. The van der Waals surface area contributed by atoms with Crippen molar-refractivity contribution < 1.29 is 8.42 Å². The van der Waals surface area contributed by atoms with E-state index in [1.165, 1.54) is 38.5 Å². The number of hydrogen-bond donors (Lipinski definition) is 2. The van der Waals surface area contributed by atoms with Crippen LogP contribution in [0.2, 0.25) is 0 Å². The maximum atomic E-state index is 10.7. The third kappa shape index (κ3) is 6.87. The highest BCUT2D eigenvalue weighted by atomic mass is 32.2. The molecule has 0 aromatic rings. The summed E-state index contributed by atoms with van der Waals surface area (Å²) in [5, 5.41) is 8.34. The molecule has 1 rings (SSSR count). The second-order valence-corrected chi connectivity index (χ2v) is 6.10. The van der Waals surface area contributed by atoms with E-state index < -0.39 is 10.0 Å². The van der Waals surface area contributed by atoms with Gasteiger partial charge in [0.05, 0.1) is 5.75 Å². The highest BCUT2D eigenvalue weighted by Crippen LogP contribution is 2.16. The maximum absolute atomic E-state index is 10.7. The van der Waals surface area contributed by atoms with E-state index in [-0.39, 0.29) is 5.75 Å². The number of primary sulfonamides is 1. The van der Waals surface area contributed by atoms with Gasteiger partial charge in [0, 0.05) is 6.04 Å². The number of rotatable bonds is 5. The molecule has 90 valence electrons. The van der Waals surface area contributed by atoms with Crippen molar-refractivity contribution in [1.29, 1.82) is 0 Å². The Morgan fingerprint density at radius 2 is 1.73 bits per heavy atom. The zero-order valence-corrected chi connectivity index (χ0v) is 10.1. The molecule has 3 N–H and O–H groups in total. The Kier molecular flexibility index (Phi) is 5.56. The first-order chi connectivity index (χ1) is 7.08. The Balaban J connectivity index is 2.08. The van der Waals surface area contributed by atoms with E-state index in [1.807, 2.05) is 0 Å². The molecular weight excluding hydrogens is 212 g/mol. The van der Waals surface area contributed by atoms with Crippen molar-refractivity contribution in [1.82, 2.24) is 5.32 Å². The summed E-state index contributed by atoms with van der Waals surface area (Å²) in [6.07, 6.45) is 8.37. The van der Waals surface area contributed by atoms with Crippen LogP contribution in [0.5, 0.6) is 0 Å². The Labute approximate surface area is 92.7 Å². The van der Waals surface area contributed by atoms with E-state index in [1.54, 1.807) is 0 Å². The second-order valence-electron chi connectivity index (χ2n) is 4.36. The highest BCUT2D eigenvalue weighted by Gasteiger charge is 2.11. The average molecular weight is 234 g/mol. The lowest BCUT2D eigenvalue weighted by Crippen LogP contribution is -2.31. The van der Waals surface area contributed by atoms with Gasteiger partial charge in [0.2, 0.25) is 10.0 Å². The van der Waals surface area contributed by atoms with Crippen molar-refractivity contribution in [2.45, 2.75) is 51.0 Å². The highest BCUT2D eigenvalue weighted by molar-refractivity contribution is 7.89. The summed E-state index contributed by atoms with van der Waals surface area (Å²) < 4.78 is 21.4. The molecule has 0 radical (unpaired) electrons. The molecule has 0 spiro atoms. The normalized spacial score (nSPS) is 20.1. The van der Waals surface area contributed by atoms with Crippen LogP contribution in [-0.2, 0) is 10.0 Å². The first-order valence-corrected chi connectivity index (χ1v) is 7.53. The van der Waals surface area contributed by atoms with E-state index in [0.29, 0.717) is 12.5 Å². The minimum atomic E-state index is -3.27. The molecule has 0 amide bonds. The van der Waals surface area contributed by atoms with Crippen LogP contribution >= 0.6 is 0 Å². The molecule has 15 heavy (non-hydrogen) atoms. The summed E-state index contributed by atoms with van der Waals surface area (Å²) in [6, 6.07) is 0.591. The molecule has 0 aromatic heterocycles. The van der Waals surface area contributed by atoms with Crippen molar-refractivity contribution in [3.63, 3.8) is 0 Å². The summed E-state index contributed by atoms with van der Waals surface area (Å²) in [5.74, 6) is 0.0900. The van der Waals surface area contributed by atoms with Crippen LogP contribution in [0.15, 0.2) is 0 Å². The van der Waals surface area contributed by atoms with Gasteiger partial charge in [0.25, 0.3) is 0 Å². The van der Waals surface area contributed by atoms with Crippen LogP contribution in [-0.4, -0.2) is 26.8 Å². The smallest absolute Gasteiger partial charge is 0.209 e. The molecule has 0 saturated heterocycles. The average Bonchev–Trinajstić information content (AvgIpc) is 2.39. The van der Waals surface area contributed by atoms with Gasteiger partial charge >= 0.3 is 0 Å². The summed E-state index contributed by atoms with van der Waals surface area (Å²) in [4.78, 5) is 0. The van der Waals surface area contributed by atoms with Crippen molar-refractivity contribution in [3.8, 4) is 0 Å². The maximum Gasteiger partial charge on any atom is 0.209 e. The van der Waals surface area contributed by atoms with Crippen molar-refractivity contribution in [3.05, 3.63) is 0 Å². The molecule has 1 saturated carbocycles. The SMILES string of the molecule is NS(=O)(=O)CCCNC1CCCCCC1. The zero-order valence-electron chi connectivity index (χ0n) is 9.24.